The first-order valence-electron chi connectivity index (χ1n) is 6.68. The number of carboxylic acid groups (broad SMARTS) is 1. The molecule has 3 heteroatoms. The predicted molar refractivity (Wildman–Crippen MR) is 71.8 cm³/mol. The maximum absolute atomic E-state index is 10.8. The predicted octanol–water partition coefficient (Wildman–Crippen LogP) is 3.32. The van der Waals surface area contributed by atoms with Crippen LogP contribution in [-0.2, 0) is 6.42 Å². The Hall–Kier alpha value is -1.51. The molecule has 1 aliphatic rings. The Morgan fingerprint density at radius 1 is 1.28 bits per heavy atom. The van der Waals surface area contributed by atoms with Crippen LogP contribution >= 0.6 is 0 Å². The molecular weight excluding hydrogens is 226 g/mol. The normalized spacial score (nSPS) is 16.8. The summed E-state index contributed by atoms with van der Waals surface area (Å²) >= 11 is 0. The van der Waals surface area contributed by atoms with Gasteiger partial charge in [0.05, 0.1) is 0 Å². The van der Waals surface area contributed by atoms with Gasteiger partial charge in [-0.25, -0.2) is 4.79 Å². The van der Waals surface area contributed by atoms with Crippen LogP contribution in [0.25, 0.3) is 0 Å². The van der Waals surface area contributed by atoms with E-state index >= 15 is 0 Å². The molecule has 0 aromatic heterocycles. The van der Waals surface area contributed by atoms with Gasteiger partial charge in [0.1, 0.15) is 0 Å². The molecule has 1 amide bonds. The summed E-state index contributed by atoms with van der Waals surface area (Å²) in [5.41, 5.74) is 2.69. The fourth-order valence-electron chi connectivity index (χ4n) is 2.54. The van der Waals surface area contributed by atoms with Crippen molar-refractivity contribution in [3.05, 3.63) is 35.4 Å². The zero-order valence-corrected chi connectivity index (χ0v) is 10.9. The SMILES string of the molecule is Cc1ccc(CCC2CCN(C(=O)O)CC2)cc1. The molecule has 0 aliphatic carbocycles. The standard InChI is InChI=1S/C15H21NO2/c1-12-2-4-13(5-3-12)6-7-14-8-10-16(11-9-14)15(17)18/h2-5,14H,6-11H2,1H3,(H,17,18). The van der Waals surface area contributed by atoms with Crippen molar-refractivity contribution in [2.24, 2.45) is 5.92 Å². The molecule has 1 aliphatic heterocycles. The second kappa shape index (κ2) is 5.89. The lowest BCUT2D eigenvalue weighted by molar-refractivity contribution is 0.123. The summed E-state index contributed by atoms with van der Waals surface area (Å²) in [6.45, 7) is 3.51. The van der Waals surface area contributed by atoms with Crippen LogP contribution in [-0.4, -0.2) is 29.2 Å². The van der Waals surface area contributed by atoms with Crippen molar-refractivity contribution in [3.63, 3.8) is 0 Å². The van der Waals surface area contributed by atoms with E-state index in [1.54, 1.807) is 0 Å². The van der Waals surface area contributed by atoms with Crippen molar-refractivity contribution in [3.8, 4) is 0 Å². The average molecular weight is 247 g/mol. The van der Waals surface area contributed by atoms with E-state index in [1.165, 1.54) is 22.4 Å². The van der Waals surface area contributed by atoms with E-state index in [9.17, 15) is 4.79 Å². The van der Waals surface area contributed by atoms with Gasteiger partial charge in [-0.15, -0.1) is 0 Å². The number of nitrogens with zero attached hydrogens (tertiary/aromatic N) is 1. The zero-order valence-electron chi connectivity index (χ0n) is 10.9. The van der Waals surface area contributed by atoms with Crippen LogP contribution in [0.2, 0.25) is 0 Å². The first-order valence-corrected chi connectivity index (χ1v) is 6.68. The van der Waals surface area contributed by atoms with E-state index in [2.05, 4.69) is 31.2 Å². The van der Waals surface area contributed by atoms with Gasteiger partial charge in [0.25, 0.3) is 0 Å². The van der Waals surface area contributed by atoms with E-state index in [0.717, 1.165) is 19.3 Å². The Bertz CT molecular complexity index is 391. The van der Waals surface area contributed by atoms with Crippen molar-refractivity contribution in [2.75, 3.05) is 13.1 Å². The van der Waals surface area contributed by atoms with Gasteiger partial charge in [-0.3, -0.25) is 0 Å². The highest BCUT2D eigenvalue weighted by molar-refractivity contribution is 5.64. The molecule has 1 saturated heterocycles. The molecule has 18 heavy (non-hydrogen) atoms. The Balaban J connectivity index is 1.75. The van der Waals surface area contributed by atoms with Crippen LogP contribution in [0.5, 0.6) is 0 Å². The molecule has 1 N–H and O–H groups in total. The minimum absolute atomic E-state index is 0.682. The Morgan fingerprint density at radius 3 is 2.44 bits per heavy atom. The number of hydrogen-bond donors (Lipinski definition) is 1. The molecule has 1 aromatic rings. The molecule has 0 unspecified atom stereocenters. The molecule has 1 fully saturated rings. The second-order valence-corrected chi connectivity index (χ2v) is 5.24. The summed E-state index contributed by atoms with van der Waals surface area (Å²) in [6, 6.07) is 8.70. The third-order valence-corrected chi connectivity index (χ3v) is 3.85. The van der Waals surface area contributed by atoms with E-state index in [0.29, 0.717) is 19.0 Å². The van der Waals surface area contributed by atoms with Crippen LogP contribution in [0.1, 0.15) is 30.4 Å². The number of carbonyl (C=O) groups is 1. The minimum atomic E-state index is -0.771. The lowest BCUT2D eigenvalue weighted by Crippen LogP contribution is -2.37. The molecule has 98 valence electrons. The van der Waals surface area contributed by atoms with Gasteiger partial charge in [0.2, 0.25) is 0 Å². The minimum Gasteiger partial charge on any atom is -0.465 e. The number of rotatable bonds is 3. The molecule has 1 aromatic carbocycles. The zero-order chi connectivity index (χ0) is 13.0. The van der Waals surface area contributed by atoms with Gasteiger partial charge < -0.3 is 10.0 Å². The van der Waals surface area contributed by atoms with E-state index in [1.807, 2.05) is 0 Å². The van der Waals surface area contributed by atoms with E-state index < -0.39 is 6.09 Å². The third-order valence-electron chi connectivity index (χ3n) is 3.85. The Morgan fingerprint density at radius 2 is 1.89 bits per heavy atom. The van der Waals surface area contributed by atoms with Gasteiger partial charge in [0.15, 0.2) is 0 Å². The van der Waals surface area contributed by atoms with Gasteiger partial charge in [-0.05, 0) is 44.1 Å². The highest BCUT2D eigenvalue weighted by Gasteiger charge is 2.21. The molecule has 0 saturated carbocycles. The summed E-state index contributed by atoms with van der Waals surface area (Å²) in [6.07, 6.45) is 3.54. The van der Waals surface area contributed by atoms with Gasteiger partial charge in [-0.2, -0.15) is 0 Å². The molecule has 0 radical (unpaired) electrons. The lowest BCUT2D eigenvalue weighted by atomic mass is 9.90. The van der Waals surface area contributed by atoms with Gasteiger partial charge >= 0.3 is 6.09 Å². The molecule has 0 bridgehead atoms. The summed E-state index contributed by atoms with van der Waals surface area (Å²) in [5.74, 6) is 0.682. The summed E-state index contributed by atoms with van der Waals surface area (Å²) in [5, 5.41) is 8.88. The smallest absolute Gasteiger partial charge is 0.407 e. The Kier molecular flexibility index (Phi) is 4.24. The lowest BCUT2D eigenvalue weighted by Gasteiger charge is -2.29. The van der Waals surface area contributed by atoms with Crippen molar-refractivity contribution in [1.82, 2.24) is 4.90 Å². The maximum atomic E-state index is 10.8. The van der Waals surface area contributed by atoms with Crippen molar-refractivity contribution in [2.45, 2.75) is 32.6 Å². The first kappa shape index (κ1) is 12.9. The highest BCUT2D eigenvalue weighted by Crippen LogP contribution is 2.22. The van der Waals surface area contributed by atoms with Gasteiger partial charge in [0, 0.05) is 13.1 Å². The van der Waals surface area contributed by atoms with Crippen molar-refractivity contribution < 1.29 is 9.90 Å². The average Bonchev–Trinajstić information content (AvgIpc) is 2.38. The largest absolute Gasteiger partial charge is 0.465 e. The fourth-order valence-corrected chi connectivity index (χ4v) is 2.54. The summed E-state index contributed by atoms with van der Waals surface area (Å²) in [7, 11) is 0. The third kappa shape index (κ3) is 3.49. The molecular formula is C15H21NO2. The van der Waals surface area contributed by atoms with Crippen LogP contribution in [0.4, 0.5) is 4.79 Å². The maximum Gasteiger partial charge on any atom is 0.407 e. The topological polar surface area (TPSA) is 40.5 Å². The number of piperidine rings is 1. The number of amides is 1. The van der Waals surface area contributed by atoms with Crippen LogP contribution in [0, 0.1) is 12.8 Å². The van der Waals surface area contributed by atoms with Crippen LogP contribution < -0.4 is 0 Å². The molecule has 0 atom stereocenters. The number of aryl methyl sites for hydroxylation is 2. The number of benzene rings is 1. The quantitative estimate of drug-likeness (QED) is 0.890. The molecule has 2 rings (SSSR count). The second-order valence-electron chi connectivity index (χ2n) is 5.24. The Labute approximate surface area is 108 Å². The summed E-state index contributed by atoms with van der Waals surface area (Å²) < 4.78 is 0. The van der Waals surface area contributed by atoms with Crippen LogP contribution in [0.3, 0.4) is 0 Å². The van der Waals surface area contributed by atoms with Crippen molar-refractivity contribution in [1.29, 1.82) is 0 Å². The monoisotopic (exact) mass is 247 g/mol. The fraction of sp³-hybridized carbons (Fsp3) is 0.533. The van der Waals surface area contributed by atoms with Gasteiger partial charge in [-0.1, -0.05) is 29.8 Å². The summed E-state index contributed by atoms with van der Waals surface area (Å²) in [4.78, 5) is 12.3. The molecule has 0 spiro atoms. The number of likely N-dealkylation sites (tertiary alicyclic amines) is 1. The number of hydrogen-bond acceptors (Lipinski definition) is 1. The first-order chi connectivity index (χ1) is 8.65. The van der Waals surface area contributed by atoms with Crippen molar-refractivity contribution >= 4 is 6.09 Å². The molecule has 3 nitrogen and oxygen atoms in total. The highest BCUT2D eigenvalue weighted by atomic mass is 16.4. The molecule has 1 heterocycles. The van der Waals surface area contributed by atoms with E-state index in [-0.39, 0.29) is 0 Å². The van der Waals surface area contributed by atoms with Crippen LogP contribution in [0.15, 0.2) is 24.3 Å². The van der Waals surface area contributed by atoms with E-state index in [4.69, 9.17) is 5.11 Å².